The van der Waals surface area contributed by atoms with Gasteiger partial charge in [-0.2, -0.15) is 0 Å². The molecule has 7 nitrogen and oxygen atoms in total. The Labute approximate surface area is 161 Å². The van der Waals surface area contributed by atoms with Crippen LogP contribution in [0.15, 0.2) is 36.4 Å². The van der Waals surface area contributed by atoms with Crippen LogP contribution in [0, 0.1) is 0 Å². The minimum absolute atomic E-state index is 0.101. The molecule has 0 unspecified atom stereocenters. The van der Waals surface area contributed by atoms with E-state index in [2.05, 4.69) is 5.32 Å². The summed E-state index contributed by atoms with van der Waals surface area (Å²) in [5.41, 5.74) is 1.12. The Hall–Kier alpha value is -2.93. The molecule has 0 fully saturated rings. The number of carbonyl (C=O) groups is 2. The number of rotatable bonds is 6. The second kappa shape index (κ2) is 8.18. The minimum Gasteiger partial charge on any atom is -0.495 e. The van der Waals surface area contributed by atoms with Gasteiger partial charge in [-0.05, 0) is 30.3 Å². The van der Waals surface area contributed by atoms with Crippen molar-refractivity contribution in [1.29, 1.82) is 0 Å². The van der Waals surface area contributed by atoms with Gasteiger partial charge in [0, 0.05) is 36.7 Å². The highest BCUT2D eigenvalue weighted by molar-refractivity contribution is 6.31. The highest BCUT2D eigenvalue weighted by atomic mass is 35.5. The number of anilines is 2. The number of fused-ring (bicyclic) bond motifs is 1. The van der Waals surface area contributed by atoms with Gasteiger partial charge in [0.05, 0.1) is 12.8 Å². The molecule has 2 amide bonds. The molecule has 2 aromatic rings. The van der Waals surface area contributed by atoms with Crippen LogP contribution in [0.5, 0.6) is 17.2 Å². The Balaban J connectivity index is 1.67. The van der Waals surface area contributed by atoms with Gasteiger partial charge in [0.2, 0.25) is 18.6 Å². The number of halogens is 1. The quantitative estimate of drug-likeness (QED) is 0.817. The number of methoxy groups -OCH3 is 1. The van der Waals surface area contributed by atoms with Crippen LogP contribution in [0.2, 0.25) is 5.02 Å². The fourth-order valence-corrected chi connectivity index (χ4v) is 2.90. The summed E-state index contributed by atoms with van der Waals surface area (Å²) in [5, 5.41) is 3.24. The largest absolute Gasteiger partial charge is 0.495 e. The van der Waals surface area contributed by atoms with Crippen LogP contribution < -0.4 is 24.4 Å². The first-order valence-electron chi connectivity index (χ1n) is 8.29. The number of carbonyl (C=O) groups excluding carboxylic acids is 2. The van der Waals surface area contributed by atoms with Crippen LogP contribution >= 0.6 is 11.6 Å². The van der Waals surface area contributed by atoms with E-state index in [1.165, 1.54) is 18.9 Å². The first kappa shape index (κ1) is 18.8. The molecule has 0 radical (unpaired) electrons. The molecular formula is C19H19ClN2O5. The van der Waals surface area contributed by atoms with E-state index in [1.54, 1.807) is 36.4 Å². The molecule has 27 heavy (non-hydrogen) atoms. The molecule has 142 valence electrons. The first-order chi connectivity index (χ1) is 13.0. The lowest BCUT2D eigenvalue weighted by Gasteiger charge is -2.21. The number of amides is 2. The molecule has 0 aliphatic carbocycles. The van der Waals surface area contributed by atoms with Crippen LogP contribution in [0.1, 0.15) is 13.3 Å². The Bertz CT molecular complexity index is 871. The van der Waals surface area contributed by atoms with Gasteiger partial charge in [0.15, 0.2) is 11.5 Å². The van der Waals surface area contributed by atoms with Gasteiger partial charge in [-0.1, -0.05) is 11.6 Å². The second-order valence-electron chi connectivity index (χ2n) is 5.85. The number of nitrogens with one attached hydrogen (secondary N) is 1. The van der Waals surface area contributed by atoms with Crippen LogP contribution in [0.4, 0.5) is 11.4 Å². The van der Waals surface area contributed by atoms with Gasteiger partial charge in [0.25, 0.3) is 0 Å². The van der Waals surface area contributed by atoms with Crippen LogP contribution in [-0.4, -0.2) is 32.3 Å². The molecule has 1 aliphatic heterocycles. The highest BCUT2D eigenvalue weighted by Gasteiger charge is 2.19. The third-order valence-electron chi connectivity index (χ3n) is 4.05. The topological polar surface area (TPSA) is 77.1 Å². The minimum atomic E-state index is -0.262. The molecule has 3 rings (SSSR count). The summed E-state index contributed by atoms with van der Waals surface area (Å²) in [6.45, 7) is 1.81. The Morgan fingerprint density at radius 1 is 1.19 bits per heavy atom. The lowest BCUT2D eigenvalue weighted by atomic mass is 10.2. The Kier molecular flexibility index (Phi) is 5.71. The van der Waals surface area contributed by atoms with E-state index in [0.29, 0.717) is 33.6 Å². The molecule has 0 bridgehead atoms. The van der Waals surface area contributed by atoms with Gasteiger partial charge in [0.1, 0.15) is 5.75 Å². The SMILES string of the molecule is COc1ccc(Cl)cc1NC(=O)CCN(C(C)=O)c1ccc2c(c1)OCO2. The second-order valence-corrected chi connectivity index (χ2v) is 6.29. The predicted molar refractivity (Wildman–Crippen MR) is 102 cm³/mol. The summed E-state index contributed by atoms with van der Waals surface area (Å²) in [4.78, 5) is 25.9. The third-order valence-corrected chi connectivity index (χ3v) is 4.28. The average molecular weight is 391 g/mol. The van der Waals surface area contributed by atoms with Crippen LogP contribution in [-0.2, 0) is 9.59 Å². The molecule has 0 saturated heterocycles. The van der Waals surface area contributed by atoms with E-state index in [9.17, 15) is 9.59 Å². The van der Waals surface area contributed by atoms with E-state index in [1.807, 2.05) is 0 Å². The van der Waals surface area contributed by atoms with Gasteiger partial charge in [-0.25, -0.2) is 0 Å². The van der Waals surface area contributed by atoms with Crippen LogP contribution in [0.25, 0.3) is 0 Å². The van der Waals surface area contributed by atoms with Crippen molar-refractivity contribution in [2.75, 3.05) is 30.7 Å². The number of benzene rings is 2. The van der Waals surface area contributed by atoms with Gasteiger partial charge in [-0.3, -0.25) is 9.59 Å². The molecule has 1 heterocycles. The summed E-state index contributed by atoms with van der Waals surface area (Å²) in [7, 11) is 1.51. The maximum absolute atomic E-state index is 12.3. The Morgan fingerprint density at radius 3 is 2.70 bits per heavy atom. The van der Waals surface area contributed by atoms with Crippen molar-refractivity contribution >= 4 is 34.8 Å². The zero-order valence-corrected chi connectivity index (χ0v) is 15.7. The van der Waals surface area contributed by atoms with E-state index >= 15 is 0 Å². The fraction of sp³-hybridized carbons (Fsp3) is 0.263. The first-order valence-corrected chi connectivity index (χ1v) is 8.67. The van der Waals surface area contributed by atoms with Crippen molar-refractivity contribution < 1.29 is 23.8 Å². The molecule has 1 N–H and O–H groups in total. The molecule has 0 aromatic heterocycles. The van der Waals surface area contributed by atoms with Crippen molar-refractivity contribution in [3.05, 3.63) is 41.4 Å². The number of ether oxygens (including phenoxy) is 3. The smallest absolute Gasteiger partial charge is 0.231 e. The van der Waals surface area contributed by atoms with E-state index in [0.717, 1.165) is 0 Å². The van der Waals surface area contributed by atoms with Crippen molar-refractivity contribution in [3.8, 4) is 17.2 Å². The van der Waals surface area contributed by atoms with Crippen molar-refractivity contribution in [2.24, 2.45) is 0 Å². The maximum Gasteiger partial charge on any atom is 0.231 e. The molecule has 0 saturated carbocycles. The zero-order chi connectivity index (χ0) is 19.4. The van der Waals surface area contributed by atoms with Crippen molar-refractivity contribution in [1.82, 2.24) is 0 Å². The number of hydrogen-bond donors (Lipinski definition) is 1. The van der Waals surface area contributed by atoms with E-state index < -0.39 is 0 Å². The highest BCUT2D eigenvalue weighted by Crippen LogP contribution is 2.35. The maximum atomic E-state index is 12.3. The van der Waals surface area contributed by atoms with Crippen molar-refractivity contribution in [2.45, 2.75) is 13.3 Å². The summed E-state index contributed by atoms with van der Waals surface area (Å²) in [6, 6.07) is 10.2. The fourth-order valence-electron chi connectivity index (χ4n) is 2.73. The van der Waals surface area contributed by atoms with Gasteiger partial charge >= 0.3 is 0 Å². The normalized spacial score (nSPS) is 11.8. The zero-order valence-electron chi connectivity index (χ0n) is 15.0. The number of nitrogens with zero attached hydrogens (tertiary/aromatic N) is 1. The van der Waals surface area contributed by atoms with Crippen LogP contribution in [0.3, 0.4) is 0 Å². The molecular weight excluding hydrogens is 372 g/mol. The standard InChI is InChI=1S/C19H19ClN2O5/c1-12(23)22(14-4-6-17-18(10-14)27-11-26-17)8-7-19(24)21-15-9-13(20)3-5-16(15)25-2/h3-6,9-10H,7-8,11H2,1-2H3,(H,21,24). The lowest BCUT2D eigenvalue weighted by Crippen LogP contribution is -2.31. The predicted octanol–water partition coefficient (Wildman–Crippen LogP) is 3.46. The van der Waals surface area contributed by atoms with Crippen molar-refractivity contribution in [3.63, 3.8) is 0 Å². The molecule has 0 atom stereocenters. The average Bonchev–Trinajstić information content (AvgIpc) is 3.09. The molecule has 2 aromatic carbocycles. The third kappa shape index (κ3) is 4.43. The van der Waals surface area contributed by atoms with E-state index in [4.69, 9.17) is 25.8 Å². The summed E-state index contributed by atoms with van der Waals surface area (Å²) < 4.78 is 15.8. The molecule has 0 spiro atoms. The summed E-state index contributed by atoms with van der Waals surface area (Å²) in [5.74, 6) is 1.27. The summed E-state index contributed by atoms with van der Waals surface area (Å²) >= 11 is 5.97. The summed E-state index contributed by atoms with van der Waals surface area (Å²) in [6.07, 6.45) is 0.101. The van der Waals surface area contributed by atoms with E-state index in [-0.39, 0.29) is 31.6 Å². The molecule has 8 heteroatoms. The Morgan fingerprint density at radius 2 is 1.96 bits per heavy atom. The molecule has 1 aliphatic rings. The monoisotopic (exact) mass is 390 g/mol. The van der Waals surface area contributed by atoms with Gasteiger partial charge in [-0.15, -0.1) is 0 Å². The lowest BCUT2D eigenvalue weighted by molar-refractivity contribution is -0.117. The number of hydrogen-bond acceptors (Lipinski definition) is 5. The van der Waals surface area contributed by atoms with Gasteiger partial charge < -0.3 is 24.4 Å².